The van der Waals surface area contributed by atoms with Crippen molar-refractivity contribution in [2.75, 3.05) is 16.8 Å². The van der Waals surface area contributed by atoms with Crippen molar-refractivity contribution in [2.45, 2.75) is 19.9 Å². The lowest BCUT2D eigenvalue weighted by molar-refractivity contribution is -0.119. The molecule has 2 rings (SSSR count). The minimum absolute atomic E-state index is 0.110. The number of amides is 2. The van der Waals surface area contributed by atoms with Crippen molar-refractivity contribution < 1.29 is 9.59 Å². The highest BCUT2D eigenvalue weighted by atomic mass is 32.2. The van der Waals surface area contributed by atoms with E-state index in [9.17, 15) is 9.59 Å². The van der Waals surface area contributed by atoms with Crippen LogP contribution >= 0.6 is 11.8 Å². The Morgan fingerprint density at radius 2 is 1.79 bits per heavy atom. The summed E-state index contributed by atoms with van der Waals surface area (Å²) in [7, 11) is 0. The van der Waals surface area contributed by atoms with Crippen LogP contribution in [0.3, 0.4) is 0 Å². The summed E-state index contributed by atoms with van der Waals surface area (Å²) in [6.07, 6.45) is 1.70. The average molecular weight is 343 g/mol. The van der Waals surface area contributed by atoms with Crippen LogP contribution in [0.25, 0.3) is 0 Å². The Kier molecular flexibility index (Phi) is 6.81. The molecule has 0 spiro atoms. The molecule has 24 heavy (non-hydrogen) atoms. The van der Waals surface area contributed by atoms with Gasteiger partial charge in [0.2, 0.25) is 11.8 Å². The fourth-order valence-electron chi connectivity index (χ4n) is 2.06. The van der Waals surface area contributed by atoms with Crippen LogP contribution in [0, 0.1) is 6.92 Å². The maximum atomic E-state index is 11.9. The Bertz CT molecular complexity index is 674. The van der Waals surface area contributed by atoms with Crippen molar-refractivity contribution in [3.8, 4) is 0 Å². The molecule has 0 bridgehead atoms. The van der Waals surface area contributed by atoms with Gasteiger partial charge in [0.15, 0.2) is 0 Å². The molecule has 2 aromatic rings. The molecule has 0 saturated heterocycles. The predicted molar refractivity (Wildman–Crippen MR) is 97.9 cm³/mol. The van der Waals surface area contributed by atoms with E-state index in [1.165, 1.54) is 11.8 Å². The summed E-state index contributed by atoms with van der Waals surface area (Å²) in [6, 6.07) is 13.0. The third kappa shape index (κ3) is 6.04. The predicted octanol–water partition coefficient (Wildman–Crippen LogP) is 2.94. The number of hydrogen-bond acceptors (Lipinski definition) is 4. The van der Waals surface area contributed by atoms with Crippen molar-refractivity contribution >= 4 is 29.3 Å². The standard InChI is InChI=1S/C18H21N3O2S/c1-13-6-8-15(9-7-13)21-18(23)12-24-11-17(22)20-14(2)16-5-3-4-10-19-16/h3-10,14H,11-12H2,1-2H3,(H,20,22)(H,21,23). The molecule has 1 atom stereocenters. The van der Waals surface area contributed by atoms with Gasteiger partial charge in [-0.25, -0.2) is 0 Å². The number of rotatable bonds is 7. The van der Waals surface area contributed by atoms with Crippen LogP contribution in [0.15, 0.2) is 48.7 Å². The second-order valence-electron chi connectivity index (χ2n) is 5.45. The van der Waals surface area contributed by atoms with Crippen LogP contribution in [-0.4, -0.2) is 28.3 Å². The molecule has 0 radical (unpaired) electrons. The Hall–Kier alpha value is -2.34. The highest BCUT2D eigenvalue weighted by Crippen LogP contribution is 2.11. The molecular weight excluding hydrogens is 322 g/mol. The lowest BCUT2D eigenvalue weighted by Crippen LogP contribution is -2.29. The van der Waals surface area contributed by atoms with E-state index in [0.717, 1.165) is 16.9 Å². The molecule has 0 fully saturated rings. The van der Waals surface area contributed by atoms with Crippen molar-refractivity contribution in [1.82, 2.24) is 10.3 Å². The number of aromatic nitrogens is 1. The van der Waals surface area contributed by atoms with Gasteiger partial charge in [-0.1, -0.05) is 23.8 Å². The quantitative estimate of drug-likeness (QED) is 0.811. The number of carbonyl (C=O) groups is 2. The Morgan fingerprint density at radius 3 is 2.46 bits per heavy atom. The Balaban J connectivity index is 1.68. The van der Waals surface area contributed by atoms with Gasteiger partial charge in [-0.3, -0.25) is 14.6 Å². The van der Waals surface area contributed by atoms with Crippen molar-refractivity contribution in [3.05, 3.63) is 59.9 Å². The lowest BCUT2D eigenvalue weighted by atomic mass is 10.2. The summed E-state index contributed by atoms with van der Waals surface area (Å²) < 4.78 is 0. The first kappa shape index (κ1) is 18.0. The first-order chi connectivity index (χ1) is 11.5. The molecule has 0 saturated carbocycles. The van der Waals surface area contributed by atoms with Gasteiger partial charge in [0.1, 0.15) is 0 Å². The van der Waals surface area contributed by atoms with Gasteiger partial charge < -0.3 is 10.6 Å². The fourth-order valence-corrected chi connectivity index (χ4v) is 2.69. The molecule has 0 aliphatic heterocycles. The number of pyridine rings is 1. The number of nitrogens with zero attached hydrogens (tertiary/aromatic N) is 1. The van der Waals surface area contributed by atoms with Gasteiger partial charge in [0, 0.05) is 11.9 Å². The van der Waals surface area contributed by atoms with E-state index in [1.807, 2.05) is 56.3 Å². The monoisotopic (exact) mass is 343 g/mol. The third-order valence-electron chi connectivity index (χ3n) is 3.31. The van der Waals surface area contributed by atoms with E-state index in [1.54, 1.807) is 6.20 Å². The zero-order valence-corrected chi connectivity index (χ0v) is 14.6. The first-order valence-corrected chi connectivity index (χ1v) is 8.84. The van der Waals surface area contributed by atoms with Crippen molar-refractivity contribution in [1.29, 1.82) is 0 Å². The molecule has 1 unspecified atom stereocenters. The Labute approximate surface area is 146 Å². The van der Waals surface area contributed by atoms with Gasteiger partial charge in [-0.05, 0) is 38.1 Å². The van der Waals surface area contributed by atoms with Gasteiger partial charge in [-0.15, -0.1) is 11.8 Å². The molecular formula is C18H21N3O2S. The summed E-state index contributed by atoms with van der Waals surface area (Å²) in [5.74, 6) is 0.244. The highest BCUT2D eigenvalue weighted by molar-refractivity contribution is 8.00. The van der Waals surface area contributed by atoms with Gasteiger partial charge in [0.05, 0.1) is 23.2 Å². The van der Waals surface area contributed by atoms with E-state index in [-0.39, 0.29) is 29.4 Å². The molecule has 1 aromatic carbocycles. The molecule has 2 amide bonds. The molecule has 6 heteroatoms. The summed E-state index contributed by atoms with van der Waals surface area (Å²) in [5, 5.41) is 5.68. The van der Waals surface area contributed by atoms with Gasteiger partial charge in [-0.2, -0.15) is 0 Å². The summed E-state index contributed by atoms with van der Waals surface area (Å²) in [5.41, 5.74) is 2.72. The number of benzene rings is 1. The summed E-state index contributed by atoms with van der Waals surface area (Å²) in [4.78, 5) is 28.0. The lowest BCUT2D eigenvalue weighted by Gasteiger charge is -2.13. The summed E-state index contributed by atoms with van der Waals surface area (Å²) in [6.45, 7) is 3.88. The normalized spacial score (nSPS) is 11.6. The minimum atomic E-state index is -0.152. The summed E-state index contributed by atoms with van der Waals surface area (Å²) >= 11 is 1.28. The number of carbonyl (C=O) groups excluding carboxylic acids is 2. The van der Waals surface area contributed by atoms with Crippen molar-refractivity contribution in [3.63, 3.8) is 0 Å². The van der Waals surface area contributed by atoms with E-state index >= 15 is 0 Å². The van der Waals surface area contributed by atoms with E-state index in [4.69, 9.17) is 0 Å². The van der Waals surface area contributed by atoms with Crippen LogP contribution in [0.1, 0.15) is 24.2 Å². The molecule has 0 aliphatic rings. The maximum absolute atomic E-state index is 11.9. The molecule has 1 heterocycles. The maximum Gasteiger partial charge on any atom is 0.234 e. The van der Waals surface area contributed by atoms with Crippen molar-refractivity contribution in [2.24, 2.45) is 0 Å². The first-order valence-electron chi connectivity index (χ1n) is 7.69. The average Bonchev–Trinajstić information content (AvgIpc) is 2.57. The van der Waals surface area contributed by atoms with Crippen LogP contribution in [0.4, 0.5) is 5.69 Å². The number of hydrogen-bond donors (Lipinski definition) is 2. The van der Waals surface area contributed by atoms with E-state index in [2.05, 4.69) is 15.6 Å². The molecule has 1 aromatic heterocycles. The molecule has 5 nitrogen and oxygen atoms in total. The second kappa shape index (κ2) is 9.08. The van der Waals surface area contributed by atoms with Crippen LogP contribution in [0.5, 0.6) is 0 Å². The highest BCUT2D eigenvalue weighted by Gasteiger charge is 2.11. The van der Waals surface area contributed by atoms with Crippen LogP contribution in [-0.2, 0) is 9.59 Å². The van der Waals surface area contributed by atoms with Gasteiger partial charge in [0.25, 0.3) is 0 Å². The SMILES string of the molecule is Cc1ccc(NC(=O)CSCC(=O)NC(C)c2ccccn2)cc1. The smallest absolute Gasteiger partial charge is 0.234 e. The zero-order valence-electron chi connectivity index (χ0n) is 13.8. The minimum Gasteiger partial charge on any atom is -0.347 e. The molecule has 126 valence electrons. The number of anilines is 1. The fraction of sp³-hybridized carbons (Fsp3) is 0.278. The largest absolute Gasteiger partial charge is 0.347 e. The zero-order chi connectivity index (χ0) is 17.4. The third-order valence-corrected chi connectivity index (χ3v) is 4.24. The van der Waals surface area contributed by atoms with Crippen LogP contribution < -0.4 is 10.6 Å². The topological polar surface area (TPSA) is 71.1 Å². The van der Waals surface area contributed by atoms with Crippen LogP contribution in [0.2, 0.25) is 0 Å². The van der Waals surface area contributed by atoms with E-state index in [0.29, 0.717) is 0 Å². The number of aryl methyl sites for hydroxylation is 1. The number of nitrogens with one attached hydrogen (secondary N) is 2. The van der Waals surface area contributed by atoms with Gasteiger partial charge >= 0.3 is 0 Å². The number of thioether (sulfide) groups is 1. The second-order valence-corrected chi connectivity index (χ2v) is 6.44. The Morgan fingerprint density at radius 1 is 1.08 bits per heavy atom. The molecule has 0 aliphatic carbocycles. The van der Waals surface area contributed by atoms with E-state index < -0.39 is 0 Å². The molecule has 2 N–H and O–H groups in total.